The maximum atomic E-state index is 12.5. The number of benzene rings is 1. The van der Waals surface area contributed by atoms with E-state index in [4.69, 9.17) is 9.47 Å². The van der Waals surface area contributed by atoms with Crippen LogP contribution in [0.5, 0.6) is 11.5 Å². The van der Waals surface area contributed by atoms with Crippen molar-refractivity contribution in [2.75, 3.05) is 20.8 Å². The topological polar surface area (TPSA) is 67.5 Å². The number of methoxy groups -OCH3 is 2. The van der Waals surface area contributed by atoms with Crippen molar-refractivity contribution >= 4 is 5.91 Å². The van der Waals surface area contributed by atoms with Gasteiger partial charge in [0.15, 0.2) is 11.5 Å². The second-order valence-electron chi connectivity index (χ2n) is 5.26. The number of aromatic nitrogens is 2. The van der Waals surface area contributed by atoms with E-state index in [1.54, 1.807) is 20.5 Å². The number of ether oxygens (including phenoxy) is 2. The van der Waals surface area contributed by atoms with Crippen LogP contribution in [0.2, 0.25) is 0 Å². The molecule has 1 aliphatic heterocycles. The zero-order valence-corrected chi connectivity index (χ0v) is 12.8. The fraction of sp³-hybridized carbons (Fsp3) is 0.375. The Morgan fingerprint density at radius 1 is 1.32 bits per heavy atom. The van der Waals surface area contributed by atoms with Gasteiger partial charge < -0.3 is 19.4 Å². The Kier molecular flexibility index (Phi) is 4.00. The number of carbonyl (C=O) groups excluding carboxylic acids is 1. The minimum absolute atomic E-state index is 0.104. The summed E-state index contributed by atoms with van der Waals surface area (Å²) in [5, 5.41) is 0. The Morgan fingerprint density at radius 3 is 2.91 bits per heavy atom. The van der Waals surface area contributed by atoms with Crippen LogP contribution in [-0.2, 0) is 24.2 Å². The summed E-state index contributed by atoms with van der Waals surface area (Å²) >= 11 is 0. The van der Waals surface area contributed by atoms with E-state index in [9.17, 15) is 4.79 Å². The number of fused-ring (bicyclic) bond motifs is 1. The van der Waals surface area contributed by atoms with Crippen LogP contribution < -0.4 is 9.47 Å². The third kappa shape index (κ3) is 2.77. The molecule has 0 atom stereocenters. The molecule has 0 bridgehead atoms. The molecule has 0 fully saturated rings. The standard InChI is InChI=1S/C16H19N3O3/c1-21-14-4-3-11(7-15(14)22-2)8-16(20)19-6-5-12-13(9-19)18-10-17-12/h3-4,7,10H,5-6,8-9H2,1-2H3,(H,17,18). The molecule has 0 saturated carbocycles. The molecule has 1 aromatic heterocycles. The van der Waals surface area contributed by atoms with E-state index in [2.05, 4.69) is 9.97 Å². The Hall–Kier alpha value is -2.50. The fourth-order valence-electron chi connectivity index (χ4n) is 2.70. The van der Waals surface area contributed by atoms with Crippen molar-refractivity contribution in [3.05, 3.63) is 41.5 Å². The van der Waals surface area contributed by atoms with Gasteiger partial charge in [-0.2, -0.15) is 0 Å². The number of rotatable bonds is 4. The second-order valence-corrected chi connectivity index (χ2v) is 5.26. The van der Waals surface area contributed by atoms with Gasteiger partial charge in [-0.15, -0.1) is 0 Å². The first-order valence-electron chi connectivity index (χ1n) is 7.21. The molecule has 1 amide bonds. The van der Waals surface area contributed by atoms with Gasteiger partial charge in [0.2, 0.25) is 5.91 Å². The molecule has 3 rings (SSSR count). The van der Waals surface area contributed by atoms with Gasteiger partial charge in [0.05, 0.1) is 44.9 Å². The summed E-state index contributed by atoms with van der Waals surface area (Å²) in [6.07, 6.45) is 2.84. The van der Waals surface area contributed by atoms with Gasteiger partial charge in [-0.1, -0.05) is 6.07 Å². The van der Waals surface area contributed by atoms with Crippen LogP contribution in [0.25, 0.3) is 0 Å². The number of hydrogen-bond acceptors (Lipinski definition) is 4. The first kappa shape index (κ1) is 14.4. The van der Waals surface area contributed by atoms with Crippen molar-refractivity contribution in [1.82, 2.24) is 14.9 Å². The molecular weight excluding hydrogens is 282 g/mol. The van der Waals surface area contributed by atoms with Gasteiger partial charge in [-0.05, 0) is 17.7 Å². The average Bonchev–Trinajstić information content (AvgIpc) is 3.02. The number of hydrogen-bond donors (Lipinski definition) is 1. The highest BCUT2D eigenvalue weighted by Gasteiger charge is 2.22. The Morgan fingerprint density at radius 2 is 2.14 bits per heavy atom. The predicted molar refractivity (Wildman–Crippen MR) is 81.0 cm³/mol. The van der Waals surface area contributed by atoms with E-state index in [0.717, 1.165) is 23.4 Å². The van der Waals surface area contributed by atoms with Gasteiger partial charge >= 0.3 is 0 Å². The average molecular weight is 301 g/mol. The third-order valence-electron chi connectivity index (χ3n) is 3.93. The van der Waals surface area contributed by atoms with Crippen LogP contribution in [0.15, 0.2) is 24.5 Å². The molecule has 1 N–H and O–H groups in total. The molecule has 116 valence electrons. The fourth-order valence-corrected chi connectivity index (χ4v) is 2.70. The number of nitrogens with zero attached hydrogens (tertiary/aromatic N) is 2. The van der Waals surface area contributed by atoms with E-state index in [1.807, 2.05) is 23.1 Å². The Balaban J connectivity index is 1.70. The summed E-state index contributed by atoms with van der Waals surface area (Å²) in [7, 11) is 3.19. The SMILES string of the molecule is COc1ccc(CC(=O)N2CCc3nc[nH]c3C2)cc1OC. The molecule has 0 aliphatic carbocycles. The highest BCUT2D eigenvalue weighted by atomic mass is 16.5. The molecule has 0 radical (unpaired) electrons. The van der Waals surface area contributed by atoms with Gasteiger partial charge in [0.25, 0.3) is 0 Å². The summed E-state index contributed by atoms with van der Waals surface area (Å²) in [6, 6.07) is 5.57. The normalized spacial score (nSPS) is 13.6. The summed E-state index contributed by atoms with van der Waals surface area (Å²) in [6.45, 7) is 1.31. The highest BCUT2D eigenvalue weighted by Crippen LogP contribution is 2.28. The molecular formula is C16H19N3O3. The van der Waals surface area contributed by atoms with Crippen molar-refractivity contribution in [1.29, 1.82) is 0 Å². The summed E-state index contributed by atoms with van der Waals surface area (Å²) in [5.41, 5.74) is 3.01. The monoisotopic (exact) mass is 301 g/mol. The van der Waals surface area contributed by atoms with Crippen molar-refractivity contribution in [3.63, 3.8) is 0 Å². The molecule has 0 saturated heterocycles. The molecule has 6 heteroatoms. The van der Waals surface area contributed by atoms with Crippen LogP contribution in [0, 0.1) is 0 Å². The van der Waals surface area contributed by atoms with Crippen LogP contribution >= 0.6 is 0 Å². The lowest BCUT2D eigenvalue weighted by molar-refractivity contribution is -0.131. The molecule has 2 heterocycles. The zero-order valence-electron chi connectivity index (χ0n) is 12.8. The zero-order chi connectivity index (χ0) is 15.5. The summed E-state index contributed by atoms with van der Waals surface area (Å²) < 4.78 is 10.5. The Labute approximate surface area is 129 Å². The summed E-state index contributed by atoms with van der Waals surface area (Å²) in [5.74, 6) is 1.41. The van der Waals surface area contributed by atoms with E-state index >= 15 is 0 Å². The number of carbonyl (C=O) groups is 1. The molecule has 1 aliphatic rings. The summed E-state index contributed by atoms with van der Waals surface area (Å²) in [4.78, 5) is 21.7. The van der Waals surface area contributed by atoms with Crippen LogP contribution in [0.3, 0.4) is 0 Å². The number of nitrogens with one attached hydrogen (secondary N) is 1. The molecule has 22 heavy (non-hydrogen) atoms. The molecule has 2 aromatic rings. The van der Waals surface area contributed by atoms with Crippen molar-refractivity contribution in [2.24, 2.45) is 0 Å². The number of aromatic amines is 1. The predicted octanol–water partition coefficient (Wildman–Crippen LogP) is 1.55. The van der Waals surface area contributed by atoms with E-state index < -0.39 is 0 Å². The lowest BCUT2D eigenvalue weighted by Crippen LogP contribution is -2.37. The lowest BCUT2D eigenvalue weighted by Gasteiger charge is -2.26. The molecule has 0 unspecified atom stereocenters. The number of imidazole rings is 1. The van der Waals surface area contributed by atoms with Crippen LogP contribution in [0.4, 0.5) is 0 Å². The van der Waals surface area contributed by atoms with Crippen molar-refractivity contribution < 1.29 is 14.3 Å². The van der Waals surface area contributed by atoms with Gasteiger partial charge in [-0.3, -0.25) is 4.79 Å². The lowest BCUT2D eigenvalue weighted by atomic mass is 10.1. The van der Waals surface area contributed by atoms with E-state index in [1.165, 1.54) is 0 Å². The maximum absolute atomic E-state index is 12.5. The largest absolute Gasteiger partial charge is 0.493 e. The van der Waals surface area contributed by atoms with Gasteiger partial charge in [0, 0.05) is 13.0 Å². The van der Waals surface area contributed by atoms with Crippen LogP contribution in [-0.4, -0.2) is 41.5 Å². The minimum atomic E-state index is 0.104. The highest BCUT2D eigenvalue weighted by molar-refractivity contribution is 5.79. The van der Waals surface area contributed by atoms with Gasteiger partial charge in [-0.25, -0.2) is 4.98 Å². The maximum Gasteiger partial charge on any atom is 0.227 e. The van der Waals surface area contributed by atoms with Crippen molar-refractivity contribution in [2.45, 2.75) is 19.4 Å². The Bertz CT molecular complexity index is 681. The number of H-pyrrole nitrogens is 1. The van der Waals surface area contributed by atoms with Crippen molar-refractivity contribution in [3.8, 4) is 11.5 Å². The second kappa shape index (κ2) is 6.09. The van der Waals surface area contributed by atoms with E-state index in [0.29, 0.717) is 31.0 Å². The minimum Gasteiger partial charge on any atom is -0.493 e. The first-order chi connectivity index (χ1) is 10.7. The first-order valence-corrected chi connectivity index (χ1v) is 7.21. The smallest absolute Gasteiger partial charge is 0.227 e. The quantitative estimate of drug-likeness (QED) is 0.930. The van der Waals surface area contributed by atoms with Crippen LogP contribution in [0.1, 0.15) is 17.0 Å². The third-order valence-corrected chi connectivity index (χ3v) is 3.93. The molecule has 6 nitrogen and oxygen atoms in total. The molecule has 1 aromatic carbocycles. The number of amides is 1. The molecule has 0 spiro atoms. The van der Waals surface area contributed by atoms with E-state index in [-0.39, 0.29) is 5.91 Å². The van der Waals surface area contributed by atoms with Gasteiger partial charge in [0.1, 0.15) is 0 Å².